The molecule has 0 radical (unpaired) electrons. The number of benzene rings is 1. The van der Waals surface area contributed by atoms with Crippen LogP contribution < -0.4 is 10.1 Å². The minimum Gasteiger partial charge on any atom is -0.495 e. The van der Waals surface area contributed by atoms with Gasteiger partial charge in [-0.05, 0) is 48.8 Å². The summed E-state index contributed by atoms with van der Waals surface area (Å²) in [7, 11) is 1.61. The van der Waals surface area contributed by atoms with Crippen LogP contribution in [0.4, 0.5) is 5.69 Å². The van der Waals surface area contributed by atoms with Gasteiger partial charge in [0.25, 0.3) is 0 Å². The largest absolute Gasteiger partial charge is 0.495 e. The van der Waals surface area contributed by atoms with Crippen molar-refractivity contribution in [3.63, 3.8) is 0 Å². The van der Waals surface area contributed by atoms with E-state index in [4.69, 9.17) is 9.84 Å². The third kappa shape index (κ3) is 3.90. The Morgan fingerprint density at radius 3 is 2.67 bits per heavy atom. The number of hydrogen-bond acceptors (Lipinski definition) is 3. The molecule has 2 N–H and O–H groups in total. The molecule has 21 heavy (non-hydrogen) atoms. The van der Waals surface area contributed by atoms with Gasteiger partial charge in [0, 0.05) is 6.04 Å². The average molecular weight is 291 g/mol. The molecule has 1 aromatic carbocycles. The normalized spacial score (nSPS) is 24.4. The molecule has 0 spiro atoms. The summed E-state index contributed by atoms with van der Waals surface area (Å²) < 4.78 is 5.34. The quantitative estimate of drug-likeness (QED) is 0.879. The van der Waals surface area contributed by atoms with Gasteiger partial charge < -0.3 is 15.2 Å². The molecule has 1 saturated carbocycles. The Hall–Kier alpha value is -1.71. The van der Waals surface area contributed by atoms with E-state index < -0.39 is 5.97 Å². The van der Waals surface area contributed by atoms with Gasteiger partial charge in [0.05, 0.1) is 18.4 Å². The molecule has 1 fully saturated rings. The van der Waals surface area contributed by atoms with Gasteiger partial charge in [0.1, 0.15) is 5.75 Å². The molecule has 0 amide bonds. The molecular weight excluding hydrogens is 266 g/mol. The highest BCUT2D eigenvalue weighted by Gasteiger charge is 2.32. The molecule has 4 nitrogen and oxygen atoms in total. The maximum Gasteiger partial charge on any atom is 0.335 e. The molecule has 2 rings (SSSR count). The number of rotatable bonds is 4. The first kappa shape index (κ1) is 15.7. The molecule has 2 unspecified atom stereocenters. The Labute approximate surface area is 126 Å². The first-order chi connectivity index (χ1) is 9.80. The molecule has 0 aliphatic heterocycles. The van der Waals surface area contributed by atoms with E-state index in [2.05, 4.69) is 26.1 Å². The highest BCUT2D eigenvalue weighted by molar-refractivity contribution is 5.89. The van der Waals surface area contributed by atoms with E-state index in [1.807, 2.05) is 0 Å². The lowest BCUT2D eigenvalue weighted by Crippen LogP contribution is -2.35. The first-order valence-electron chi connectivity index (χ1n) is 7.48. The molecule has 1 aromatic rings. The van der Waals surface area contributed by atoms with E-state index in [0.717, 1.165) is 18.5 Å². The highest BCUT2D eigenvalue weighted by atomic mass is 16.5. The van der Waals surface area contributed by atoms with Gasteiger partial charge in [-0.15, -0.1) is 0 Å². The minimum atomic E-state index is -0.918. The summed E-state index contributed by atoms with van der Waals surface area (Å²) in [5.41, 5.74) is 1.36. The van der Waals surface area contributed by atoms with E-state index in [1.165, 1.54) is 6.42 Å². The summed E-state index contributed by atoms with van der Waals surface area (Å²) in [4.78, 5) is 11.1. The van der Waals surface area contributed by atoms with E-state index in [-0.39, 0.29) is 5.56 Å². The standard InChI is InChI=1S/C17H25NO3/c1-11-7-13(10-17(2,3)9-11)18-14-8-12(16(19)20)5-6-15(14)21-4/h5-6,8,11,13,18H,7,9-10H2,1-4H3,(H,19,20). The fourth-order valence-electron chi connectivity index (χ4n) is 3.63. The number of nitrogens with one attached hydrogen (secondary N) is 1. The SMILES string of the molecule is COc1ccc(C(=O)O)cc1NC1CC(C)CC(C)(C)C1. The molecule has 116 valence electrons. The Bertz CT molecular complexity index is 525. The van der Waals surface area contributed by atoms with Crippen molar-refractivity contribution in [2.45, 2.75) is 46.1 Å². The van der Waals surface area contributed by atoms with Crippen LogP contribution in [0.15, 0.2) is 18.2 Å². The van der Waals surface area contributed by atoms with Crippen molar-refractivity contribution in [2.75, 3.05) is 12.4 Å². The number of ether oxygens (including phenoxy) is 1. The number of methoxy groups -OCH3 is 1. The van der Waals surface area contributed by atoms with E-state index in [0.29, 0.717) is 23.1 Å². The fourth-order valence-corrected chi connectivity index (χ4v) is 3.63. The Morgan fingerprint density at radius 2 is 2.10 bits per heavy atom. The molecule has 1 aliphatic rings. The van der Waals surface area contributed by atoms with E-state index in [9.17, 15) is 4.79 Å². The van der Waals surface area contributed by atoms with Gasteiger partial charge in [-0.1, -0.05) is 20.8 Å². The van der Waals surface area contributed by atoms with Crippen molar-refractivity contribution in [2.24, 2.45) is 11.3 Å². The topological polar surface area (TPSA) is 58.6 Å². The van der Waals surface area contributed by atoms with Crippen LogP contribution in [-0.4, -0.2) is 24.2 Å². The van der Waals surface area contributed by atoms with Gasteiger partial charge >= 0.3 is 5.97 Å². The lowest BCUT2D eigenvalue weighted by atomic mass is 9.70. The lowest BCUT2D eigenvalue weighted by Gasteiger charge is -2.39. The van der Waals surface area contributed by atoms with Crippen LogP contribution in [0.5, 0.6) is 5.75 Å². The lowest BCUT2D eigenvalue weighted by molar-refractivity contribution is 0.0697. The smallest absolute Gasteiger partial charge is 0.335 e. The second-order valence-electron chi connectivity index (χ2n) is 6.97. The van der Waals surface area contributed by atoms with E-state index in [1.54, 1.807) is 25.3 Å². The monoisotopic (exact) mass is 291 g/mol. The average Bonchev–Trinajstić information content (AvgIpc) is 2.36. The summed E-state index contributed by atoms with van der Waals surface area (Å²) in [5.74, 6) is 0.439. The highest BCUT2D eigenvalue weighted by Crippen LogP contribution is 2.40. The molecule has 0 heterocycles. The molecule has 0 aromatic heterocycles. The van der Waals surface area contributed by atoms with Crippen LogP contribution in [0.3, 0.4) is 0 Å². The number of hydrogen-bond donors (Lipinski definition) is 2. The molecular formula is C17H25NO3. The van der Waals surface area contributed by atoms with Crippen LogP contribution in [0.1, 0.15) is 50.4 Å². The van der Waals surface area contributed by atoms with Crippen molar-refractivity contribution in [1.29, 1.82) is 0 Å². The Kier molecular flexibility index (Phi) is 4.45. The van der Waals surface area contributed by atoms with Crippen molar-refractivity contribution in [3.8, 4) is 5.75 Å². The molecule has 4 heteroatoms. The van der Waals surface area contributed by atoms with Crippen LogP contribution in [0, 0.1) is 11.3 Å². The number of carboxylic acid groups (broad SMARTS) is 1. The maximum atomic E-state index is 11.1. The van der Waals surface area contributed by atoms with E-state index >= 15 is 0 Å². The predicted molar refractivity (Wildman–Crippen MR) is 84.2 cm³/mol. The fraction of sp³-hybridized carbons (Fsp3) is 0.588. The van der Waals surface area contributed by atoms with Gasteiger partial charge in [0.15, 0.2) is 0 Å². The van der Waals surface area contributed by atoms with Crippen LogP contribution >= 0.6 is 0 Å². The predicted octanol–water partition coefficient (Wildman–Crippen LogP) is 4.02. The van der Waals surface area contributed by atoms with Crippen molar-refractivity contribution < 1.29 is 14.6 Å². The van der Waals surface area contributed by atoms with Crippen molar-refractivity contribution >= 4 is 11.7 Å². The number of anilines is 1. The zero-order valence-electron chi connectivity index (χ0n) is 13.3. The molecule has 2 atom stereocenters. The molecule has 1 aliphatic carbocycles. The summed E-state index contributed by atoms with van der Waals surface area (Å²) in [5, 5.41) is 12.6. The van der Waals surface area contributed by atoms with Gasteiger partial charge in [-0.2, -0.15) is 0 Å². The Morgan fingerprint density at radius 1 is 1.38 bits per heavy atom. The third-order valence-electron chi connectivity index (χ3n) is 4.19. The second kappa shape index (κ2) is 5.96. The number of carbonyl (C=O) groups is 1. The zero-order valence-corrected chi connectivity index (χ0v) is 13.3. The summed E-state index contributed by atoms with van der Waals surface area (Å²) in [6, 6.07) is 5.29. The molecule has 0 bridgehead atoms. The van der Waals surface area contributed by atoms with Gasteiger partial charge in [-0.25, -0.2) is 4.79 Å². The van der Waals surface area contributed by atoms with Crippen LogP contribution in [0.2, 0.25) is 0 Å². The van der Waals surface area contributed by atoms with Crippen molar-refractivity contribution in [1.82, 2.24) is 0 Å². The summed E-state index contributed by atoms with van der Waals surface area (Å²) in [6.07, 6.45) is 3.42. The molecule has 0 saturated heterocycles. The van der Waals surface area contributed by atoms with Crippen LogP contribution in [-0.2, 0) is 0 Å². The number of aromatic carboxylic acids is 1. The van der Waals surface area contributed by atoms with Crippen molar-refractivity contribution in [3.05, 3.63) is 23.8 Å². The first-order valence-corrected chi connectivity index (χ1v) is 7.48. The van der Waals surface area contributed by atoms with Gasteiger partial charge in [-0.3, -0.25) is 0 Å². The summed E-state index contributed by atoms with van der Waals surface area (Å²) in [6.45, 7) is 6.87. The minimum absolute atomic E-state index is 0.279. The van der Waals surface area contributed by atoms with Crippen LogP contribution in [0.25, 0.3) is 0 Å². The maximum absolute atomic E-state index is 11.1. The Balaban J connectivity index is 2.21. The van der Waals surface area contributed by atoms with Gasteiger partial charge in [0.2, 0.25) is 0 Å². The third-order valence-corrected chi connectivity index (χ3v) is 4.19. The summed E-state index contributed by atoms with van der Waals surface area (Å²) >= 11 is 0. The number of carboxylic acids is 1. The second-order valence-corrected chi connectivity index (χ2v) is 6.97. The zero-order chi connectivity index (χ0) is 15.6.